The van der Waals surface area contributed by atoms with Crippen LogP contribution in [0, 0.1) is 0 Å². The zero-order valence-corrected chi connectivity index (χ0v) is 9.72. The highest BCUT2D eigenvalue weighted by Gasteiger charge is 2.20. The van der Waals surface area contributed by atoms with E-state index < -0.39 is 0 Å². The second-order valence-corrected chi connectivity index (χ2v) is 3.86. The molecule has 0 aromatic heterocycles. The lowest BCUT2D eigenvalue weighted by molar-refractivity contribution is -0.123. The van der Waals surface area contributed by atoms with Crippen LogP contribution in [0.25, 0.3) is 0 Å². The van der Waals surface area contributed by atoms with E-state index in [2.05, 4.69) is 15.5 Å². The van der Waals surface area contributed by atoms with Crippen LogP contribution in [0.15, 0.2) is 34.5 Å². The number of rotatable bonds is 3. The lowest BCUT2D eigenvalue weighted by atomic mass is 10.1. The molecule has 0 saturated carbocycles. The lowest BCUT2D eigenvalue weighted by Gasteiger charge is -2.16. The average Bonchev–Trinajstić information content (AvgIpc) is 2.38. The number of amides is 1. The van der Waals surface area contributed by atoms with Gasteiger partial charge in [-0.05, 0) is 37.1 Å². The van der Waals surface area contributed by atoms with Gasteiger partial charge in [-0.3, -0.25) is 4.79 Å². The molecular formula is C12H15N3O2. The third kappa shape index (κ3) is 3.03. The number of methoxy groups -OCH3 is 1. The monoisotopic (exact) mass is 233 g/mol. The Balaban J connectivity index is 2.01. The van der Waals surface area contributed by atoms with Crippen molar-refractivity contribution < 1.29 is 9.53 Å². The number of nitrogens with zero attached hydrogens (tertiary/aromatic N) is 2. The molecule has 17 heavy (non-hydrogen) atoms. The van der Waals surface area contributed by atoms with Crippen LogP contribution in [0.1, 0.15) is 12.8 Å². The van der Waals surface area contributed by atoms with E-state index in [1.165, 1.54) is 0 Å². The van der Waals surface area contributed by atoms with Crippen molar-refractivity contribution in [3.8, 4) is 5.75 Å². The number of carbonyl (C=O) groups excluding carboxylic acids is 1. The summed E-state index contributed by atoms with van der Waals surface area (Å²) in [7, 11) is 1.61. The Bertz CT molecular complexity index is 414. The van der Waals surface area contributed by atoms with Crippen molar-refractivity contribution in [2.75, 3.05) is 13.7 Å². The predicted molar refractivity (Wildman–Crippen MR) is 63.5 cm³/mol. The van der Waals surface area contributed by atoms with Crippen LogP contribution in [-0.4, -0.2) is 25.6 Å². The second-order valence-electron chi connectivity index (χ2n) is 3.86. The fourth-order valence-electron chi connectivity index (χ4n) is 1.65. The number of carbonyl (C=O) groups is 1. The molecule has 1 aromatic rings. The van der Waals surface area contributed by atoms with Crippen molar-refractivity contribution in [2.45, 2.75) is 18.9 Å². The van der Waals surface area contributed by atoms with E-state index >= 15 is 0 Å². The Kier molecular flexibility index (Phi) is 3.69. The number of ether oxygens (including phenoxy) is 1. The number of piperidine rings is 1. The molecule has 1 aliphatic rings. The van der Waals surface area contributed by atoms with E-state index in [4.69, 9.17) is 4.74 Å². The summed E-state index contributed by atoms with van der Waals surface area (Å²) in [5.41, 5.74) is 0.726. The normalized spacial score (nSPS) is 20.3. The summed E-state index contributed by atoms with van der Waals surface area (Å²) in [5, 5.41) is 10.9. The number of hydrogen-bond donors (Lipinski definition) is 1. The molecule has 1 amide bonds. The number of benzene rings is 1. The van der Waals surface area contributed by atoms with Gasteiger partial charge in [-0.1, -0.05) is 0 Å². The first kappa shape index (κ1) is 11.6. The molecule has 0 aliphatic carbocycles. The van der Waals surface area contributed by atoms with Crippen molar-refractivity contribution in [3.63, 3.8) is 0 Å². The Hall–Kier alpha value is -1.91. The lowest BCUT2D eigenvalue weighted by Crippen LogP contribution is -2.38. The first-order valence-corrected chi connectivity index (χ1v) is 5.62. The molecular weight excluding hydrogens is 218 g/mol. The minimum Gasteiger partial charge on any atom is -0.497 e. The summed E-state index contributed by atoms with van der Waals surface area (Å²) in [6, 6.07) is 6.90. The third-order valence-electron chi connectivity index (χ3n) is 2.64. The summed E-state index contributed by atoms with van der Waals surface area (Å²) < 4.78 is 5.04. The van der Waals surface area contributed by atoms with Crippen molar-refractivity contribution in [1.29, 1.82) is 0 Å². The highest BCUT2D eigenvalue weighted by atomic mass is 16.5. The van der Waals surface area contributed by atoms with Crippen LogP contribution in [0.4, 0.5) is 5.69 Å². The van der Waals surface area contributed by atoms with Gasteiger partial charge in [0.1, 0.15) is 11.8 Å². The van der Waals surface area contributed by atoms with Crippen molar-refractivity contribution in [3.05, 3.63) is 24.3 Å². The van der Waals surface area contributed by atoms with Gasteiger partial charge in [0.2, 0.25) is 5.91 Å². The zero-order valence-electron chi connectivity index (χ0n) is 9.72. The van der Waals surface area contributed by atoms with E-state index in [1.54, 1.807) is 7.11 Å². The van der Waals surface area contributed by atoms with Crippen LogP contribution in [-0.2, 0) is 4.79 Å². The van der Waals surface area contributed by atoms with Gasteiger partial charge in [-0.25, -0.2) is 0 Å². The van der Waals surface area contributed by atoms with Gasteiger partial charge >= 0.3 is 0 Å². The molecule has 1 aromatic carbocycles. The van der Waals surface area contributed by atoms with Crippen LogP contribution in [0.2, 0.25) is 0 Å². The van der Waals surface area contributed by atoms with Crippen LogP contribution < -0.4 is 10.1 Å². The van der Waals surface area contributed by atoms with E-state index in [9.17, 15) is 4.79 Å². The third-order valence-corrected chi connectivity index (χ3v) is 2.64. The van der Waals surface area contributed by atoms with E-state index in [-0.39, 0.29) is 11.9 Å². The summed E-state index contributed by atoms with van der Waals surface area (Å²) >= 11 is 0. The molecule has 1 heterocycles. The molecule has 2 rings (SSSR count). The molecule has 0 bridgehead atoms. The smallest absolute Gasteiger partial charge is 0.246 e. The maximum atomic E-state index is 11.4. The van der Waals surface area contributed by atoms with Crippen molar-refractivity contribution in [1.82, 2.24) is 5.32 Å². The summed E-state index contributed by atoms with van der Waals surface area (Å²) in [4.78, 5) is 11.4. The fraction of sp³-hybridized carbons (Fsp3) is 0.417. The molecule has 1 aliphatic heterocycles. The topological polar surface area (TPSA) is 63.1 Å². The molecule has 0 spiro atoms. The first-order chi connectivity index (χ1) is 8.29. The predicted octanol–water partition coefficient (Wildman–Crippen LogP) is 2.06. The zero-order chi connectivity index (χ0) is 12.1. The maximum Gasteiger partial charge on any atom is 0.246 e. The van der Waals surface area contributed by atoms with Gasteiger partial charge in [-0.2, -0.15) is 10.2 Å². The number of nitrogens with one attached hydrogen (secondary N) is 1. The quantitative estimate of drug-likeness (QED) is 0.812. The second kappa shape index (κ2) is 5.43. The van der Waals surface area contributed by atoms with Gasteiger partial charge in [-0.15, -0.1) is 0 Å². The highest BCUT2D eigenvalue weighted by molar-refractivity contribution is 5.82. The first-order valence-electron chi connectivity index (χ1n) is 5.62. The van der Waals surface area contributed by atoms with Crippen LogP contribution in [0.3, 0.4) is 0 Å². The molecule has 0 radical (unpaired) electrons. The minimum absolute atomic E-state index is 0.0338. The molecule has 1 N–H and O–H groups in total. The average molecular weight is 233 g/mol. The van der Waals surface area contributed by atoms with Crippen LogP contribution >= 0.6 is 0 Å². The van der Waals surface area contributed by atoms with Crippen molar-refractivity contribution in [2.24, 2.45) is 10.2 Å². The molecule has 5 heteroatoms. The Morgan fingerprint density at radius 3 is 2.76 bits per heavy atom. The molecule has 90 valence electrons. The fourth-order valence-corrected chi connectivity index (χ4v) is 1.65. The summed E-state index contributed by atoms with van der Waals surface area (Å²) in [6.45, 7) is 0.743. The van der Waals surface area contributed by atoms with E-state index in [0.717, 1.165) is 30.8 Å². The number of azo groups is 1. The van der Waals surface area contributed by atoms with Gasteiger partial charge in [0, 0.05) is 6.54 Å². The Morgan fingerprint density at radius 1 is 1.35 bits per heavy atom. The maximum absolute atomic E-state index is 11.4. The van der Waals surface area contributed by atoms with Crippen LogP contribution in [0.5, 0.6) is 5.75 Å². The largest absolute Gasteiger partial charge is 0.497 e. The molecule has 5 nitrogen and oxygen atoms in total. The van der Waals surface area contributed by atoms with E-state index in [1.807, 2.05) is 24.3 Å². The van der Waals surface area contributed by atoms with Gasteiger partial charge < -0.3 is 10.1 Å². The minimum atomic E-state index is -0.342. The van der Waals surface area contributed by atoms with Gasteiger partial charge in [0.05, 0.1) is 12.8 Å². The van der Waals surface area contributed by atoms with Gasteiger partial charge in [0.15, 0.2) is 0 Å². The summed E-state index contributed by atoms with van der Waals surface area (Å²) in [5.74, 6) is 0.743. The van der Waals surface area contributed by atoms with Gasteiger partial charge in [0.25, 0.3) is 0 Å². The molecule has 1 saturated heterocycles. The molecule has 1 fully saturated rings. The molecule has 1 atom stereocenters. The molecule has 1 unspecified atom stereocenters. The SMILES string of the molecule is COc1ccc(N=NC2CCCNC2=O)cc1. The Morgan fingerprint density at radius 2 is 2.12 bits per heavy atom. The standard InChI is InChI=1S/C12H15N3O2/c1-17-10-6-4-9(5-7-10)14-15-11-3-2-8-13-12(11)16/h4-7,11H,2-3,8H2,1H3,(H,13,16). The number of hydrogen-bond acceptors (Lipinski definition) is 4. The Labute approximate surface area is 99.9 Å². The van der Waals surface area contributed by atoms with Crippen molar-refractivity contribution >= 4 is 11.6 Å². The highest BCUT2D eigenvalue weighted by Crippen LogP contribution is 2.19. The van der Waals surface area contributed by atoms with E-state index in [0.29, 0.717) is 0 Å². The summed E-state index contributed by atoms with van der Waals surface area (Å²) in [6.07, 6.45) is 1.73.